The van der Waals surface area contributed by atoms with Gasteiger partial charge in [-0.1, -0.05) is 70.7 Å². The predicted molar refractivity (Wildman–Crippen MR) is 213 cm³/mol. The van der Waals surface area contributed by atoms with Gasteiger partial charge in [0, 0.05) is 13.1 Å². The first kappa shape index (κ1) is 40.7. The molecule has 1 heterocycles. The number of amides is 5. The molecule has 1 aliphatic heterocycles. The minimum atomic E-state index is -3.66. The molecule has 4 saturated carbocycles. The Morgan fingerprint density at radius 1 is 0.946 bits per heavy atom. The third-order valence-corrected chi connectivity index (χ3v) is 18.0. The highest BCUT2D eigenvalue weighted by Crippen LogP contribution is 2.65. The number of sulfone groups is 1. The molecule has 1 aromatic carbocycles. The predicted octanol–water partition coefficient (Wildman–Crippen LogP) is 4.24. The maximum absolute atomic E-state index is 15.1. The van der Waals surface area contributed by atoms with Crippen LogP contribution in [0.25, 0.3) is 0 Å². The lowest BCUT2D eigenvalue weighted by molar-refractivity contribution is -0.145. The van der Waals surface area contributed by atoms with Gasteiger partial charge in [-0.2, -0.15) is 0 Å². The van der Waals surface area contributed by atoms with Crippen molar-refractivity contribution in [3.63, 3.8) is 0 Å². The summed E-state index contributed by atoms with van der Waals surface area (Å²) in [4.78, 5) is 72.3. The molecule has 5 amide bonds. The number of fused-ring (bicyclic) bond motifs is 2. The number of Topliss-reactive ketones (excluding diaryl/α,β-unsaturated/α-hetero) is 1. The van der Waals surface area contributed by atoms with Crippen molar-refractivity contribution >= 4 is 39.4 Å². The van der Waals surface area contributed by atoms with E-state index in [4.69, 9.17) is 0 Å². The number of piperidine rings is 1. The molecule has 5 fully saturated rings. The highest BCUT2D eigenvalue weighted by atomic mass is 32.2. The Hall–Kier alpha value is -3.48. The number of carbonyl (C=O) groups excluding carboxylic acids is 5. The molecule has 4 N–H and O–H groups in total. The first-order valence-corrected chi connectivity index (χ1v) is 22.7. The zero-order valence-corrected chi connectivity index (χ0v) is 35.2. The smallest absolute Gasteiger partial charge is 0.315 e. The second-order valence-electron chi connectivity index (χ2n) is 19.7. The number of likely N-dealkylation sites (tertiary alicyclic amines) is 1. The van der Waals surface area contributed by atoms with Crippen LogP contribution in [0.3, 0.4) is 0 Å². The molecule has 6 aliphatic rings. The molecule has 308 valence electrons. The number of nitrogens with zero attached hydrogens (tertiary/aromatic N) is 1. The van der Waals surface area contributed by atoms with Gasteiger partial charge in [0.05, 0.1) is 15.5 Å². The second kappa shape index (κ2) is 14.4. The molecule has 1 saturated heterocycles. The van der Waals surface area contributed by atoms with E-state index in [0.717, 1.165) is 43.2 Å². The third kappa shape index (κ3) is 7.16. The van der Waals surface area contributed by atoms with E-state index >= 15 is 4.79 Å². The topological polar surface area (TPSA) is 171 Å². The first-order valence-electron chi connectivity index (χ1n) is 21.1. The molecular weight excluding hydrogens is 731 g/mol. The number of benzene rings is 1. The number of hydrogen-bond donors (Lipinski definition) is 4. The number of hydrogen-bond acceptors (Lipinski definition) is 7. The van der Waals surface area contributed by atoms with Crippen LogP contribution in [-0.2, 0) is 41.9 Å². The maximum atomic E-state index is 15.1. The molecule has 1 unspecified atom stereocenters. The number of rotatable bonds is 13. The molecular formula is C43H63N5O7S. The fourth-order valence-corrected chi connectivity index (χ4v) is 12.6. The van der Waals surface area contributed by atoms with Gasteiger partial charge >= 0.3 is 6.03 Å². The average Bonchev–Trinajstić information content (AvgIpc) is 4.09. The van der Waals surface area contributed by atoms with Gasteiger partial charge in [-0.15, -0.1) is 0 Å². The normalized spacial score (nSPS) is 29.9. The number of urea groups is 1. The molecule has 0 aromatic heterocycles. The van der Waals surface area contributed by atoms with Crippen LogP contribution in [-0.4, -0.2) is 89.1 Å². The van der Waals surface area contributed by atoms with E-state index in [1.165, 1.54) is 0 Å². The maximum Gasteiger partial charge on any atom is 0.315 e. The van der Waals surface area contributed by atoms with Crippen LogP contribution in [0.5, 0.6) is 0 Å². The Morgan fingerprint density at radius 2 is 1.57 bits per heavy atom. The molecule has 13 heteroatoms. The van der Waals surface area contributed by atoms with Gasteiger partial charge in [0.1, 0.15) is 17.6 Å². The van der Waals surface area contributed by atoms with Gasteiger partial charge in [-0.25, -0.2) is 13.2 Å². The number of carbonyl (C=O) groups is 5. The van der Waals surface area contributed by atoms with Gasteiger partial charge in [-0.05, 0) is 119 Å². The van der Waals surface area contributed by atoms with Crippen LogP contribution < -0.4 is 21.3 Å². The summed E-state index contributed by atoms with van der Waals surface area (Å²) in [5.74, 6) is -2.26. The lowest BCUT2D eigenvalue weighted by Crippen LogP contribution is -2.65. The molecule has 0 spiro atoms. The molecule has 7 rings (SSSR count). The Bertz CT molecular complexity index is 1850. The van der Waals surface area contributed by atoms with Crippen molar-refractivity contribution in [1.29, 1.82) is 0 Å². The van der Waals surface area contributed by atoms with Crippen molar-refractivity contribution in [3.05, 3.63) is 35.4 Å². The van der Waals surface area contributed by atoms with Gasteiger partial charge in [-0.3, -0.25) is 19.2 Å². The van der Waals surface area contributed by atoms with Crippen LogP contribution in [0, 0.1) is 35.0 Å². The van der Waals surface area contributed by atoms with Crippen molar-refractivity contribution in [2.24, 2.45) is 35.0 Å². The SMILES string of the molecule is CCC1C[C@@]1(NC(=O)[C@@H]1[C@@H]2[C@H](CN1C(=O)[C@@H](NC(=O)NC1([C@@H](C)S(=O)(=O)C(C)(C)C)CCCCC1)C1Cc3ccccc3C1)C2(C)C)C(=O)C(=O)NCC1CC1. The highest BCUT2D eigenvalue weighted by Gasteiger charge is 2.71. The molecule has 5 aliphatic carbocycles. The van der Waals surface area contributed by atoms with E-state index in [-0.39, 0.29) is 35.0 Å². The zero-order valence-electron chi connectivity index (χ0n) is 34.3. The Labute approximate surface area is 332 Å². The quantitative estimate of drug-likeness (QED) is 0.217. The summed E-state index contributed by atoms with van der Waals surface area (Å²) in [7, 11) is -3.66. The van der Waals surface area contributed by atoms with Crippen LogP contribution in [0.4, 0.5) is 4.79 Å². The number of ketones is 1. The summed E-state index contributed by atoms with van der Waals surface area (Å²) in [6.45, 7) is 13.7. The van der Waals surface area contributed by atoms with Gasteiger partial charge in [0.25, 0.3) is 5.91 Å². The molecule has 12 nitrogen and oxygen atoms in total. The fraction of sp³-hybridized carbons (Fsp3) is 0.744. The summed E-state index contributed by atoms with van der Waals surface area (Å²) >= 11 is 0. The Balaban J connectivity index is 1.15. The van der Waals surface area contributed by atoms with E-state index < -0.39 is 66.6 Å². The minimum absolute atomic E-state index is 0.0566. The van der Waals surface area contributed by atoms with E-state index in [1.807, 2.05) is 31.2 Å². The fourth-order valence-electron chi connectivity index (χ4n) is 10.7. The van der Waals surface area contributed by atoms with Gasteiger partial charge in [0.2, 0.25) is 17.6 Å². The van der Waals surface area contributed by atoms with Gasteiger partial charge < -0.3 is 26.2 Å². The standard InChI is InChI=1S/C43H63N5O7S/c1-8-30-22-43(30,35(49)37(51)44-23-26-16-17-26)46-36(50)34-32-31(41(32,6)7)24-48(34)38(52)33(29-20-27-14-10-11-15-28(27)21-29)45-39(53)47-42(18-12-9-13-19-42)25(2)56(54,55)40(3,4)5/h10-11,14-15,25-26,29-34H,8-9,12-13,16-24H2,1-7H3,(H,44,51)(H,46,50)(H2,45,47,53)/t25-,30?,31+,32+,33+,34+,43+/m1/s1. The molecule has 1 aromatic rings. The van der Waals surface area contributed by atoms with E-state index in [1.54, 1.807) is 32.6 Å². The van der Waals surface area contributed by atoms with E-state index in [0.29, 0.717) is 57.5 Å². The van der Waals surface area contributed by atoms with Crippen molar-refractivity contribution in [3.8, 4) is 0 Å². The second-order valence-corrected chi connectivity index (χ2v) is 22.7. The minimum Gasteiger partial charge on any atom is -0.349 e. The third-order valence-electron chi connectivity index (χ3n) is 14.9. The molecule has 0 bridgehead atoms. The molecule has 7 atom stereocenters. The lowest BCUT2D eigenvalue weighted by atomic mass is 9.79. The summed E-state index contributed by atoms with van der Waals surface area (Å²) in [6.07, 6.45) is 7.68. The Kier molecular flexibility index (Phi) is 10.5. The first-order chi connectivity index (χ1) is 26.3. The number of nitrogens with one attached hydrogen (secondary N) is 4. The highest BCUT2D eigenvalue weighted by molar-refractivity contribution is 7.93. The van der Waals surface area contributed by atoms with E-state index in [9.17, 15) is 27.6 Å². The van der Waals surface area contributed by atoms with Crippen LogP contribution >= 0.6 is 0 Å². The van der Waals surface area contributed by atoms with Crippen molar-refractivity contribution < 1.29 is 32.4 Å². The largest absolute Gasteiger partial charge is 0.349 e. The summed E-state index contributed by atoms with van der Waals surface area (Å²) in [5.41, 5.74) is -0.309. The average molecular weight is 794 g/mol. The molecule has 56 heavy (non-hydrogen) atoms. The lowest BCUT2D eigenvalue weighted by Gasteiger charge is -2.44. The van der Waals surface area contributed by atoms with Crippen molar-refractivity contribution in [1.82, 2.24) is 26.2 Å². The summed E-state index contributed by atoms with van der Waals surface area (Å²) in [6, 6.07) is 5.53. The zero-order chi connectivity index (χ0) is 40.6. The van der Waals surface area contributed by atoms with E-state index in [2.05, 4.69) is 35.1 Å². The van der Waals surface area contributed by atoms with Crippen LogP contribution in [0.1, 0.15) is 117 Å². The van der Waals surface area contributed by atoms with Crippen molar-refractivity contribution in [2.45, 2.75) is 152 Å². The van der Waals surface area contributed by atoms with Crippen LogP contribution in [0.15, 0.2) is 24.3 Å². The monoisotopic (exact) mass is 793 g/mol. The molecule has 0 radical (unpaired) electrons. The van der Waals surface area contributed by atoms with Crippen LogP contribution in [0.2, 0.25) is 0 Å². The van der Waals surface area contributed by atoms with Crippen molar-refractivity contribution in [2.75, 3.05) is 13.1 Å². The summed E-state index contributed by atoms with van der Waals surface area (Å²) < 4.78 is 26.6. The van der Waals surface area contributed by atoms with Gasteiger partial charge in [0.15, 0.2) is 9.84 Å². The summed E-state index contributed by atoms with van der Waals surface area (Å²) in [5, 5.41) is 11.2. The Morgan fingerprint density at radius 3 is 2.12 bits per heavy atom.